The standard InChI is InChI=1S/C16H20O2/c1-12-2-4-13(5-3-12)14-6-8-15(9-7-14)16(18)10-11-17/h6-9,11-13H,2-5,10H2,1H3. The molecular weight excluding hydrogens is 224 g/mol. The fourth-order valence-corrected chi connectivity index (χ4v) is 2.73. The number of ketones is 1. The summed E-state index contributed by atoms with van der Waals surface area (Å²) in [5, 5.41) is 0. The van der Waals surface area contributed by atoms with Gasteiger partial charge in [-0.1, -0.05) is 44.0 Å². The maximum Gasteiger partial charge on any atom is 0.169 e. The Morgan fingerprint density at radius 3 is 2.33 bits per heavy atom. The summed E-state index contributed by atoms with van der Waals surface area (Å²) in [5.74, 6) is 1.42. The maximum atomic E-state index is 11.5. The molecule has 0 heterocycles. The minimum atomic E-state index is -0.0891. The number of hydrogen-bond donors (Lipinski definition) is 0. The Hall–Kier alpha value is -1.44. The molecule has 96 valence electrons. The second kappa shape index (κ2) is 5.94. The van der Waals surface area contributed by atoms with Crippen LogP contribution in [0.4, 0.5) is 0 Å². The average Bonchev–Trinajstić information content (AvgIpc) is 2.40. The predicted molar refractivity (Wildman–Crippen MR) is 71.8 cm³/mol. The molecule has 0 aliphatic heterocycles. The van der Waals surface area contributed by atoms with Crippen LogP contribution in [0.3, 0.4) is 0 Å². The summed E-state index contributed by atoms with van der Waals surface area (Å²) in [7, 11) is 0. The minimum Gasteiger partial charge on any atom is -0.303 e. The molecule has 1 aliphatic rings. The Balaban J connectivity index is 2.03. The van der Waals surface area contributed by atoms with Crippen LogP contribution in [0, 0.1) is 5.92 Å². The second-order valence-corrected chi connectivity index (χ2v) is 5.37. The SMILES string of the molecule is CC1CCC(c2ccc(C(=O)CC=O)cc2)CC1. The first-order chi connectivity index (χ1) is 8.70. The summed E-state index contributed by atoms with van der Waals surface area (Å²) in [6.07, 6.45) is 5.76. The fourth-order valence-electron chi connectivity index (χ4n) is 2.73. The third-order valence-electron chi connectivity index (χ3n) is 3.99. The first-order valence-corrected chi connectivity index (χ1v) is 6.77. The topological polar surface area (TPSA) is 34.1 Å². The summed E-state index contributed by atoms with van der Waals surface area (Å²) in [4.78, 5) is 21.9. The molecule has 0 atom stereocenters. The average molecular weight is 244 g/mol. The third-order valence-corrected chi connectivity index (χ3v) is 3.99. The quantitative estimate of drug-likeness (QED) is 0.459. The predicted octanol–water partition coefficient (Wildman–Crippen LogP) is 3.75. The molecule has 1 aliphatic carbocycles. The molecule has 2 heteroatoms. The van der Waals surface area contributed by atoms with Gasteiger partial charge in [-0.15, -0.1) is 0 Å². The minimum absolute atomic E-state index is 0.0136. The van der Waals surface area contributed by atoms with Crippen LogP contribution >= 0.6 is 0 Å². The highest BCUT2D eigenvalue weighted by Crippen LogP contribution is 2.35. The molecule has 0 radical (unpaired) electrons. The fraction of sp³-hybridized carbons (Fsp3) is 0.500. The van der Waals surface area contributed by atoms with Gasteiger partial charge in [0.25, 0.3) is 0 Å². The van der Waals surface area contributed by atoms with Crippen molar-refractivity contribution in [1.29, 1.82) is 0 Å². The van der Waals surface area contributed by atoms with Crippen LogP contribution in [0.5, 0.6) is 0 Å². The van der Waals surface area contributed by atoms with Crippen LogP contribution < -0.4 is 0 Å². The van der Waals surface area contributed by atoms with Gasteiger partial charge in [0.1, 0.15) is 6.29 Å². The molecule has 0 amide bonds. The first kappa shape index (κ1) is 13.0. The maximum absolute atomic E-state index is 11.5. The van der Waals surface area contributed by atoms with Gasteiger partial charge in [-0.3, -0.25) is 4.79 Å². The molecule has 1 saturated carbocycles. The number of carbonyl (C=O) groups is 2. The van der Waals surface area contributed by atoms with E-state index in [-0.39, 0.29) is 12.2 Å². The van der Waals surface area contributed by atoms with E-state index in [1.54, 1.807) is 0 Å². The monoisotopic (exact) mass is 244 g/mol. The molecule has 0 N–H and O–H groups in total. The number of benzene rings is 1. The second-order valence-electron chi connectivity index (χ2n) is 5.37. The molecule has 18 heavy (non-hydrogen) atoms. The lowest BCUT2D eigenvalue weighted by atomic mass is 9.79. The normalized spacial score (nSPS) is 23.6. The van der Waals surface area contributed by atoms with Crippen LogP contribution in [-0.4, -0.2) is 12.1 Å². The third kappa shape index (κ3) is 3.06. The van der Waals surface area contributed by atoms with Crippen LogP contribution in [0.2, 0.25) is 0 Å². The summed E-state index contributed by atoms with van der Waals surface area (Å²) >= 11 is 0. The molecule has 2 rings (SSSR count). The van der Waals surface area contributed by atoms with E-state index in [1.807, 2.05) is 12.1 Å². The molecule has 2 nitrogen and oxygen atoms in total. The highest BCUT2D eigenvalue weighted by atomic mass is 16.1. The lowest BCUT2D eigenvalue weighted by molar-refractivity contribution is -0.107. The zero-order chi connectivity index (χ0) is 13.0. The van der Waals surface area contributed by atoms with Gasteiger partial charge in [0.15, 0.2) is 5.78 Å². The number of hydrogen-bond acceptors (Lipinski definition) is 2. The van der Waals surface area contributed by atoms with E-state index in [2.05, 4.69) is 19.1 Å². The van der Waals surface area contributed by atoms with E-state index in [1.165, 1.54) is 31.2 Å². The van der Waals surface area contributed by atoms with Crippen molar-refractivity contribution in [1.82, 2.24) is 0 Å². The van der Waals surface area contributed by atoms with Crippen molar-refractivity contribution < 1.29 is 9.59 Å². The van der Waals surface area contributed by atoms with Crippen LogP contribution in [0.25, 0.3) is 0 Å². The van der Waals surface area contributed by atoms with Crippen molar-refractivity contribution in [3.63, 3.8) is 0 Å². The number of carbonyl (C=O) groups excluding carboxylic acids is 2. The van der Waals surface area contributed by atoms with Gasteiger partial charge in [-0.05, 0) is 30.2 Å². The van der Waals surface area contributed by atoms with Crippen molar-refractivity contribution in [2.24, 2.45) is 5.92 Å². The summed E-state index contributed by atoms with van der Waals surface area (Å²) in [6, 6.07) is 7.83. The van der Waals surface area contributed by atoms with Crippen molar-refractivity contribution in [3.05, 3.63) is 35.4 Å². The summed E-state index contributed by atoms with van der Waals surface area (Å²) in [6.45, 7) is 2.32. The van der Waals surface area contributed by atoms with E-state index < -0.39 is 0 Å². The van der Waals surface area contributed by atoms with Crippen molar-refractivity contribution in [3.8, 4) is 0 Å². The van der Waals surface area contributed by atoms with Gasteiger partial charge in [0.05, 0.1) is 6.42 Å². The van der Waals surface area contributed by atoms with E-state index >= 15 is 0 Å². The molecular formula is C16H20O2. The molecule has 0 unspecified atom stereocenters. The molecule has 1 aromatic rings. The van der Waals surface area contributed by atoms with Crippen molar-refractivity contribution >= 4 is 12.1 Å². The van der Waals surface area contributed by atoms with Crippen LogP contribution in [0.15, 0.2) is 24.3 Å². The molecule has 0 aromatic heterocycles. The van der Waals surface area contributed by atoms with E-state index in [0.717, 1.165) is 5.92 Å². The van der Waals surface area contributed by atoms with Crippen molar-refractivity contribution in [2.45, 2.75) is 44.9 Å². The lowest BCUT2D eigenvalue weighted by Gasteiger charge is -2.26. The lowest BCUT2D eigenvalue weighted by Crippen LogP contribution is -2.11. The zero-order valence-corrected chi connectivity index (χ0v) is 10.9. The molecule has 0 bridgehead atoms. The highest BCUT2D eigenvalue weighted by molar-refractivity contribution is 6.02. The Kier molecular flexibility index (Phi) is 4.29. The van der Waals surface area contributed by atoms with E-state index in [4.69, 9.17) is 0 Å². The van der Waals surface area contributed by atoms with Crippen LogP contribution in [0.1, 0.15) is 60.9 Å². The largest absolute Gasteiger partial charge is 0.303 e. The van der Waals surface area contributed by atoms with E-state index in [0.29, 0.717) is 17.8 Å². The van der Waals surface area contributed by atoms with Gasteiger partial charge in [0.2, 0.25) is 0 Å². The van der Waals surface area contributed by atoms with Gasteiger partial charge < -0.3 is 4.79 Å². The Bertz CT molecular complexity index is 411. The number of rotatable bonds is 4. The van der Waals surface area contributed by atoms with Crippen LogP contribution in [-0.2, 0) is 4.79 Å². The van der Waals surface area contributed by atoms with Gasteiger partial charge in [-0.2, -0.15) is 0 Å². The molecule has 0 saturated heterocycles. The Morgan fingerprint density at radius 1 is 1.17 bits per heavy atom. The highest BCUT2D eigenvalue weighted by Gasteiger charge is 2.19. The number of aldehydes is 1. The molecule has 1 aromatic carbocycles. The first-order valence-electron chi connectivity index (χ1n) is 6.77. The molecule has 1 fully saturated rings. The van der Waals surface area contributed by atoms with Gasteiger partial charge >= 0.3 is 0 Å². The van der Waals surface area contributed by atoms with Crippen molar-refractivity contribution in [2.75, 3.05) is 0 Å². The smallest absolute Gasteiger partial charge is 0.169 e. The Morgan fingerprint density at radius 2 is 1.78 bits per heavy atom. The summed E-state index contributed by atoms with van der Waals surface area (Å²) < 4.78 is 0. The van der Waals surface area contributed by atoms with Gasteiger partial charge in [0, 0.05) is 5.56 Å². The zero-order valence-electron chi connectivity index (χ0n) is 10.9. The number of Topliss-reactive ketones (excluding diaryl/α,β-unsaturated/α-hetero) is 1. The summed E-state index contributed by atoms with van der Waals surface area (Å²) in [5.41, 5.74) is 1.99. The van der Waals surface area contributed by atoms with Gasteiger partial charge in [-0.25, -0.2) is 0 Å². The molecule has 0 spiro atoms. The Labute approximate surface area is 108 Å². The van der Waals surface area contributed by atoms with E-state index in [9.17, 15) is 9.59 Å².